The van der Waals surface area contributed by atoms with Crippen LogP contribution in [0.5, 0.6) is 0 Å². The minimum absolute atomic E-state index is 0.251. The van der Waals surface area contributed by atoms with Crippen molar-refractivity contribution in [3.63, 3.8) is 0 Å². The van der Waals surface area contributed by atoms with Gasteiger partial charge in [0.15, 0.2) is 11.6 Å². The number of hydrogen-bond donors (Lipinski definition) is 0. The van der Waals surface area contributed by atoms with Crippen LogP contribution in [0.1, 0.15) is 24.1 Å². The summed E-state index contributed by atoms with van der Waals surface area (Å²) >= 11 is 0. The summed E-state index contributed by atoms with van der Waals surface area (Å²) in [5.74, 6) is 1.11. The van der Waals surface area contributed by atoms with Crippen molar-refractivity contribution < 1.29 is 4.39 Å². The lowest BCUT2D eigenvalue weighted by Crippen LogP contribution is -2.07. The molecule has 6 nitrogen and oxygen atoms in total. The van der Waals surface area contributed by atoms with Crippen LogP contribution < -0.4 is 0 Å². The minimum Gasteiger partial charge on any atom is -0.264 e. The van der Waals surface area contributed by atoms with Crippen molar-refractivity contribution in [3.8, 4) is 28.6 Å². The van der Waals surface area contributed by atoms with Crippen LogP contribution in [0.25, 0.3) is 28.6 Å². The molecule has 5 rings (SSSR count). The zero-order valence-electron chi connectivity index (χ0n) is 15.5. The van der Waals surface area contributed by atoms with Crippen LogP contribution >= 0.6 is 0 Å². The van der Waals surface area contributed by atoms with Crippen molar-refractivity contribution in [1.29, 1.82) is 0 Å². The second kappa shape index (κ2) is 6.67. The summed E-state index contributed by atoms with van der Waals surface area (Å²) in [7, 11) is 1.88. The van der Waals surface area contributed by atoms with Crippen molar-refractivity contribution in [3.05, 3.63) is 65.9 Å². The molecule has 4 aromatic rings. The van der Waals surface area contributed by atoms with Gasteiger partial charge in [-0.05, 0) is 62.1 Å². The van der Waals surface area contributed by atoms with Crippen molar-refractivity contribution in [2.45, 2.75) is 25.7 Å². The molecule has 0 unspecified atom stereocenters. The predicted octanol–water partition coefficient (Wildman–Crippen LogP) is 3.75. The van der Waals surface area contributed by atoms with Gasteiger partial charge in [-0.1, -0.05) is 0 Å². The van der Waals surface area contributed by atoms with Gasteiger partial charge < -0.3 is 0 Å². The zero-order chi connectivity index (χ0) is 19.1. The lowest BCUT2D eigenvalue weighted by molar-refractivity contribution is 0.625. The Hall–Kier alpha value is -3.35. The smallest absolute Gasteiger partial charge is 0.183 e. The number of hydrogen-bond acceptors (Lipinski definition) is 4. The van der Waals surface area contributed by atoms with Gasteiger partial charge in [-0.25, -0.2) is 18.7 Å². The zero-order valence-corrected chi connectivity index (χ0v) is 15.5. The molecule has 0 saturated heterocycles. The molecule has 0 saturated carbocycles. The van der Waals surface area contributed by atoms with E-state index in [-0.39, 0.29) is 5.82 Å². The number of aromatic nitrogens is 6. The number of benzene rings is 1. The molecular formula is C21H19FN6. The Kier molecular flexibility index (Phi) is 4.00. The fraction of sp³-hybridized carbons (Fsp3) is 0.238. The highest BCUT2D eigenvalue weighted by molar-refractivity contribution is 5.63. The van der Waals surface area contributed by atoms with Crippen LogP contribution in [0.4, 0.5) is 4.39 Å². The monoisotopic (exact) mass is 374 g/mol. The van der Waals surface area contributed by atoms with Gasteiger partial charge in [0, 0.05) is 36.3 Å². The van der Waals surface area contributed by atoms with Crippen LogP contribution in [0, 0.1) is 5.82 Å². The number of aryl methyl sites for hydroxylation is 1. The van der Waals surface area contributed by atoms with E-state index in [2.05, 4.69) is 10.1 Å². The summed E-state index contributed by atoms with van der Waals surface area (Å²) < 4.78 is 17.1. The van der Waals surface area contributed by atoms with E-state index < -0.39 is 0 Å². The molecule has 1 aliphatic carbocycles. The number of fused-ring (bicyclic) bond motifs is 1. The summed E-state index contributed by atoms with van der Waals surface area (Å²) in [4.78, 5) is 8.91. The molecule has 0 fully saturated rings. The maximum Gasteiger partial charge on any atom is 0.183 e. The number of nitrogens with zero attached hydrogens (tertiary/aromatic N) is 6. The van der Waals surface area contributed by atoms with Gasteiger partial charge in [0.25, 0.3) is 0 Å². The molecule has 140 valence electrons. The predicted molar refractivity (Wildman–Crippen MR) is 103 cm³/mol. The van der Waals surface area contributed by atoms with E-state index in [1.54, 1.807) is 29.2 Å². The molecule has 28 heavy (non-hydrogen) atoms. The summed E-state index contributed by atoms with van der Waals surface area (Å²) in [6.07, 6.45) is 7.65. The fourth-order valence-electron chi connectivity index (χ4n) is 3.78. The Morgan fingerprint density at radius 1 is 1.00 bits per heavy atom. The van der Waals surface area contributed by atoms with Crippen LogP contribution in [0.2, 0.25) is 0 Å². The van der Waals surface area contributed by atoms with Gasteiger partial charge in [0.05, 0.1) is 5.69 Å². The molecule has 0 spiro atoms. The molecule has 0 N–H and O–H groups in total. The molecule has 0 aliphatic heterocycles. The SMILES string of the molecule is Cn1nc(-c2cccnc2)nc1-c1nn(-c2ccc(F)cc2)c2c1CCCC2. The van der Waals surface area contributed by atoms with E-state index >= 15 is 0 Å². The largest absolute Gasteiger partial charge is 0.264 e. The van der Waals surface area contributed by atoms with Crippen molar-refractivity contribution in [2.75, 3.05) is 0 Å². The Morgan fingerprint density at radius 3 is 2.61 bits per heavy atom. The third-order valence-electron chi connectivity index (χ3n) is 5.15. The molecule has 7 heteroatoms. The summed E-state index contributed by atoms with van der Waals surface area (Å²) in [6, 6.07) is 10.3. The minimum atomic E-state index is -0.251. The normalized spacial score (nSPS) is 13.5. The van der Waals surface area contributed by atoms with Gasteiger partial charge in [-0.15, -0.1) is 0 Å². The average molecular weight is 374 g/mol. The molecule has 0 atom stereocenters. The van der Waals surface area contributed by atoms with E-state index in [0.717, 1.165) is 48.5 Å². The number of halogens is 1. The standard InChI is InChI=1S/C21H19FN6/c1-27-21(24-20(26-27)14-5-4-12-23-13-14)19-17-6-2-3-7-18(17)28(25-19)16-10-8-15(22)9-11-16/h4-5,8-13H,2-3,6-7H2,1H3. The second-order valence-electron chi connectivity index (χ2n) is 6.99. The maximum absolute atomic E-state index is 13.4. The Bertz CT molecular complexity index is 1130. The Labute approximate surface area is 161 Å². The van der Waals surface area contributed by atoms with Gasteiger partial charge in [0.2, 0.25) is 0 Å². The quantitative estimate of drug-likeness (QED) is 0.548. The number of rotatable bonds is 3. The van der Waals surface area contributed by atoms with E-state index in [9.17, 15) is 4.39 Å². The van der Waals surface area contributed by atoms with Crippen LogP contribution in [0.3, 0.4) is 0 Å². The molecule has 1 aliphatic rings. The molecule has 3 heterocycles. The average Bonchev–Trinajstić information content (AvgIpc) is 3.30. The van der Waals surface area contributed by atoms with Crippen molar-refractivity contribution >= 4 is 0 Å². The van der Waals surface area contributed by atoms with E-state index in [1.807, 2.05) is 23.9 Å². The van der Waals surface area contributed by atoms with Crippen molar-refractivity contribution in [2.24, 2.45) is 7.05 Å². The first-order chi connectivity index (χ1) is 13.7. The first-order valence-electron chi connectivity index (χ1n) is 9.39. The lowest BCUT2D eigenvalue weighted by atomic mass is 9.95. The van der Waals surface area contributed by atoms with Crippen molar-refractivity contribution in [1.82, 2.24) is 29.5 Å². The third kappa shape index (κ3) is 2.79. The summed E-state index contributed by atoms with van der Waals surface area (Å²) in [6.45, 7) is 0. The molecular weight excluding hydrogens is 355 g/mol. The van der Waals surface area contributed by atoms with Gasteiger partial charge in [-0.3, -0.25) is 4.98 Å². The first-order valence-corrected chi connectivity index (χ1v) is 9.39. The second-order valence-corrected chi connectivity index (χ2v) is 6.99. The topological polar surface area (TPSA) is 61.4 Å². The van der Waals surface area contributed by atoms with E-state index in [0.29, 0.717) is 5.82 Å². The highest BCUT2D eigenvalue weighted by Crippen LogP contribution is 2.32. The van der Waals surface area contributed by atoms with Gasteiger partial charge in [-0.2, -0.15) is 10.2 Å². The van der Waals surface area contributed by atoms with Crippen LogP contribution in [-0.4, -0.2) is 29.5 Å². The fourth-order valence-corrected chi connectivity index (χ4v) is 3.78. The lowest BCUT2D eigenvalue weighted by Gasteiger charge is -2.14. The van der Waals surface area contributed by atoms with Crippen LogP contribution in [0.15, 0.2) is 48.8 Å². The molecule has 0 amide bonds. The van der Waals surface area contributed by atoms with E-state index in [1.165, 1.54) is 23.4 Å². The molecule has 1 aromatic carbocycles. The molecule has 0 radical (unpaired) electrons. The summed E-state index contributed by atoms with van der Waals surface area (Å²) in [5, 5.41) is 9.45. The van der Waals surface area contributed by atoms with Crippen LogP contribution in [-0.2, 0) is 19.9 Å². The van der Waals surface area contributed by atoms with Gasteiger partial charge >= 0.3 is 0 Å². The Morgan fingerprint density at radius 2 is 1.82 bits per heavy atom. The number of pyridine rings is 1. The Balaban J connectivity index is 1.65. The van der Waals surface area contributed by atoms with Gasteiger partial charge in [0.1, 0.15) is 11.5 Å². The first kappa shape index (κ1) is 16.8. The maximum atomic E-state index is 13.4. The third-order valence-corrected chi connectivity index (χ3v) is 5.15. The molecule has 3 aromatic heterocycles. The molecule has 0 bridgehead atoms. The van der Waals surface area contributed by atoms with E-state index in [4.69, 9.17) is 10.1 Å². The highest BCUT2D eigenvalue weighted by atomic mass is 19.1. The summed E-state index contributed by atoms with van der Waals surface area (Å²) in [5.41, 5.74) is 4.98. The highest BCUT2D eigenvalue weighted by Gasteiger charge is 2.25.